The molecule has 0 aromatic heterocycles. The molecule has 1 aromatic carbocycles. The Balaban J connectivity index is 0. The van der Waals surface area contributed by atoms with Crippen LogP contribution in [-0.4, -0.2) is 44.1 Å². The molecule has 0 aliphatic heterocycles. The van der Waals surface area contributed by atoms with Crippen molar-refractivity contribution in [3.05, 3.63) is 29.8 Å². The van der Waals surface area contributed by atoms with Crippen LogP contribution in [0.2, 0.25) is 0 Å². The fraction of sp³-hybridized carbons (Fsp3) is 0.588. The summed E-state index contributed by atoms with van der Waals surface area (Å²) in [7, 11) is 4.01. The van der Waals surface area contributed by atoms with Crippen LogP contribution < -0.4 is 15.8 Å². The lowest BCUT2D eigenvalue weighted by molar-refractivity contribution is -0.122. The highest BCUT2D eigenvalue weighted by atomic mass is 35.5. The molecule has 1 aromatic rings. The summed E-state index contributed by atoms with van der Waals surface area (Å²) in [6, 6.07) is 7.29. The molecule has 140 valence electrons. The molecule has 5 nitrogen and oxygen atoms in total. The summed E-state index contributed by atoms with van der Waals surface area (Å²) >= 11 is 0. The van der Waals surface area contributed by atoms with Crippen molar-refractivity contribution in [3.63, 3.8) is 0 Å². The number of benzene rings is 1. The van der Waals surface area contributed by atoms with Crippen molar-refractivity contribution in [1.29, 1.82) is 0 Å². The maximum atomic E-state index is 12.0. The molecule has 0 spiro atoms. The van der Waals surface area contributed by atoms with Crippen LogP contribution in [0.15, 0.2) is 24.3 Å². The Hall–Kier alpha value is -1.01. The first-order valence-electron chi connectivity index (χ1n) is 7.79. The minimum atomic E-state index is -0.457. The summed E-state index contributed by atoms with van der Waals surface area (Å²) in [5, 5.41) is 2.89. The van der Waals surface area contributed by atoms with Crippen LogP contribution in [0.25, 0.3) is 0 Å². The van der Waals surface area contributed by atoms with E-state index in [0.717, 1.165) is 17.9 Å². The Morgan fingerprint density at radius 1 is 1.25 bits per heavy atom. The molecule has 24 heavy (non-hydrogen) atoms. The molecule has 0 heterocycles. The molecule has 0 unspecified atom stereocenters. The Bertz CT molecular complexity index is 471. The fourth-order valence-corrected chi connectivity index (χ4v) is 2.06. The fourth-order valence-electron chi connectivity index (χ4n) is 2.06. The molecule has 0 fully saturated rings. The quantitative estimate of drug-likeness (QED) is 0.691. The summed E-state index contributed by atoms with van der Waals surface area (Å²) in [6.07, 6.45) is 0.687. The van der Waals surface area contributed by atoms with E-state index >= 15 is 0 Å². The average Bonchev–Trinajstić information content (AvgIpc) is 2.44. The second-order valence-electron chi connectivity index (χ2n) is 6.21. The van der Waals surface area contributed by atoms with Crippen molar-refractivity contribution in [3.8, 4) is 5.75 Å². The number of hydrogen-bond acceptors (Lipinski definition) is 4. The van der Waals surface area contributed by atoms with Gasteiger partial charge in [-0.2, -0.15) is 0 Å². The first kappa shape index (κ1) is 25.2. The molecule has 0 saturated heterocycles. The standard InChI is InChI=1S/C17H29N3O2.2ClH/c1-13(2)11-15(18)17(21)19-12-14-7-5-6-8-16(14)22-10-9-20(3)4;;/h5-8,13,15H,9-12,18H2,1-4H3,(H,19,21);2*1H/t15-;;/m0../s1. The molecular formula is C17H31Cl2N3O2. The topological polar surface area (TPSA) is 67.6 Å². The largest absolute Gasteiger partial charge is 0.492 e. The number of nitrogens with one attached hydrogen (secondary N) is 1. The smallest absolute Gasteiger partial charge is 0.237 e. The number of nitrogens with zero attached hydrogens (tertiary/aromatic N) is 1. The van der Waals surface area contributed by atoms with Gasteiger partial charge in [0.1, 0.15) is 12.4 Å². The Kier molecular flexibility index (Phi) is 14.0. The number of carbonyl (C=O) groups excluding carboxylic acids is 1. The van der Waals surface area contributed by atoms with E-state index in [1.54, 1.807) is 0 Å². The molecule has 1 amide bonds. The maximum absolute atomic E-state index is 12.0. The van der Waals surface area contributed by atoms with Gasteiger partial charge >= 0.3 is 0 Å². The van der Waals surface area contributed by atoms with Gasteiger partial charge in [-0.1, -0.05) is 32.0 Å². The van der Waals surface area contributed by atoms with E-state index in [1.807, 2.05) is 38.4 Å². The van der Waals surface area contributed by atoms with Gasteiger partial charge in [-0.15, -0.1) is 24.8 Å². The predicted octanol–water partition coefficient (Wildman–Crippen LogP) is 2.46. The van der Waals surface area contributed by atoms with Crippen LogP contribution >= 0.6 is 24.8 Å². The third-order valence-corrected chi connectivity index (χ3v) is 3.28. The zero-order valence-electron chi connectivity index (χ0n) is 15.0. The lowest BCUT2D eigenvalue weighted by atomic mass is 10.0. The van der Waals surface area contributed by atoms with E-state index in [2.05, 4.69) is 24.1 Å². The van der Waals surface area contributed by atoms with Crippen LogP contribution in [0.1, 0.15) is 25.8 Å². The van der Waals surface area contributed by atoms with E-state index in [9.17, 15) is 4.79 Å². The molecule has 1 rings (SSSR count). The van der Waals surface area contributed by atoms with Gasteiger partial charge in [0, 0.05) is 18.7 Å². The van der Waals surface area contributed by atoms with Gasteiger partial charge in [0.05, 0.1) is 6.04 Å². The summed E-state index contributed by atoms with van der Waals surface area (Å²) < 4.78 is 5.78. The molecule has 0 aliphatic carbocycles. The second kappa shape index (κ2) is 13.3. The Morgan fingerprint density at radius 2 is 1.88 bits per heavy atom. The first-order valence-corrected chi connectivity index (χ1v) is 7.79. The number of hydrogen-bond donors (Lipinski definition) is 2. The predicted molar refractivity (Wildman–Crippen MR) is 104 cm³/mol. The third kappa shape index (κ3) is 9.98. The van der Waals surface area contributed by atoms with E-state index in [4.69, 9.17) is 10.5 Å². The zero-order valence-corrected chi connectivity index (χ0v) is 16.6. The number of ether oxygens (including phenoxy) is 1. The summed E-state index contributed by atoms with van der Waals surface area (Å²) in [6.45, 7) is 6.01. The van der Waals surface area contributed by atoms with Crippen molar-refractivity contribution in [2.24, 2.45) is 11.7 Å². The molecule has 0 aliphatic rings. The lowest BCUT2D eigenvalue weighted by Gasteiger charge is -2.16. The number of rotatable bonds is 9. The molecular weight excluding hydrogens is 349 g/mol. The number of likely N-dealkylation sites (N-methyl/N-ethyl adjacent to an activating group) is 1. The number of amides is 1. The van der Waals surface area contributed by atoms with Gasteiger partial charge in [-0.3, -0.25) is 4.79 Å². The van der Waals surface area contributed by atoms with Gasteiger partial charge < -0.3 is 20.7 Å². The van der Waals surface area contributed by atoms with Crippen LogP contribution in [0.5, 0.6) is 5.75 Å². The normalized spacial score (nSPS) is 11.5. The Morgan fingerprint density at radius 3 is 2.46 bits per heavy atom. The first-order chi connectivity index (χ1) is 10.4. The van der Waals surface area contributed by atoms with Crippen molar-refractivity contribution < 1.29 is 9.53 Å². The molecule has 1 atom stereocenters. The average molecular weight is 380 g/mol. The van der Waals surface area contributed by atoms with E-state index in [1.165, 1.54) is 0 Å². The summed E-state index contributed by atoms with van der Waals surface area (Å²) in [4.78, 5) is 14.0. The minimum absolute atomic E-state index is 0. The van der Waals surface area contributed by atoms with Gasteiger partial charge in [0.15, 0.2) is 0 Å². The van der Waals surface area contributed by atoms with E-state index in [-0.39, 0.29) is 30.7 Å². The summed E-state index contributed by atoms with van der Waals surface area (Å²) in [5.74, 6) is 1.10. The van der Waals surface area contributed by atoms with Crippen molar-refractivity contribution in [1.82, 2.24) is 10.2 Å². The number of nitrogens with two attached hydrogens (primary N) is 1. The van der Waals surface area contributed by atoms with Crippen LogP contribution in [0.4, 0.5) is 0 Å². The third-order valence-electron chi connectivity index (χ3n) is 3.28. The minimum Gasteiger partial charge on any atom is -0.492 e. The summed E-state index contributed by atoms with van der Waals surface area (Å²) in [5.41, 5.74) is 6.85. The highest BCUT2D eigenvalue weighted by Gasteiger charge is 2.15. The van der Waals surface area contributed by atoms with Gasteiger partial charge in [-0.05, 0) is 32.5 Å². The van der Waals surface area contributed by atoms with Crippen molar-refractivity contribution >= 4 is 30.7 Å². The number of para-hydroxylation sites is 1. The van der Waals surface area contributed by atoms with E-state index in [0.29, 0.717) is 25.5 Å². The Labute approximate surface area is 158 Å². The zero-order chi connectivity index (χ0) is 16.5. The van der Waals surface area contributed by atoms with Gasteiger partial charge in [0.2, 0.25) is 5.91 Å². The molecule has 0 saturated carbocycles. The number of carbonyl (C=O) groups is 1. The molecule has 7 heteroatoms. The second-order valence-corrected chi connectivity index (χ2v) is 6.21. The lowest BCUT2D eigenvalue weighted by Crippen LogP contribution is -2.41. The highest BCUT2D eigenvalue weighted by molar-refractivity contribution is 5.85. The van der Waals surface area contributed by atoms with E-state index < -0.39 is 6.04 Å². The molecule has 0 radical (unpaired) electrons. The van der Waals surface area contributed by atoms with Crippen LogP contribution in [0, 0.1) is 5.92 Å². The van der Waals surface area contributed by atoms with Gasteiger partial charge in [0.25, 0.3) is 0 Å². The van der Waals surface area contributed by atoms with Crippen LogP contribution in [0.3, 0.4) is 0 Å². The van der Waals surface area contributed by atoms with Crippen molar-refractivity contribution in [2.45, 2.75) is 32.9 Å². The maximum Gasteiger partial charge on any atom is 0.237 e. The number of halogens is 2. The highest BCUT2D eigenvalue weighted by Crippen LogP contribution is 2.17. The monoisotopic (exact) mass is 379 g/mol. The molecule has 3 N–H and O–H groups in total. The van der Waals surface area contributed by atoms with Crippen LogP contribution in [-0.2, 0) is 11.3 Å². The molecule has 0 bridgehead atoms. The van der Waals surface area contributed by atoms with Gasteiger partial charge in [-0.25, -0.2) is 0 Å². The SMILES string of the molecule is CC(C)C[C@H](N)C(=O)NCc1ccccc1OCCN(C)C.Cl.Cl. The van der Waals surface area contributed by atoms with Crippen molar-refractivity contribution in [2.75, 3.05) is 27.2 Å².